The molecule has 0 spiro atoms. The predicted molar refractivity (Wildman–Crippen MR) is 243 cm³/mol. The van der Waals surface area contributed by atoms with Gasteiger partial charge in [-0.3, -0.25) is 4.57 Å². The Morgan fingerprint density at radius 2 is 0.983 bits per heavy atom. The number of rotatable bonds is 2. The first-order chi connectivity index (χ1) is 29.3. The molecule has 272 valence electrons. The van der Waals surface area contributed by atoms with Gasteiger partial charge in [0.25, 0.3) is 0 Å². The number of hydrogen-bond donors (Lipinski definition) is 0. The van der Waals surface area contributed by atoms with Gasteiger partial charge < -0.3 is 8.98 Å². The lowest BCUT2D eigenvalue weighted by Crippen LogP contribution is -2.03. The zero-order valence-electron chi connectivity index (χ0n) is 31.5. The van der Waals surface area contributed by atoms with Crippen LogP contribution in [0.1, 0.15) is 0 Å². The Bertz CT molecular complexity index is 3980. The second-order valence-corrected chi connectivity index (χ2v) is 15.7. The molecular formula is C54H30N4O. The highest BCUT2D eigenvalue weighted by molar-refractivity contribution is 6.23. The maximum absolute atomic E-state index is 6.65. The fraction of sp³-hybridized carbons (Fsp3) is 0. The highest BCUT2D eigenvalue weighted by Crippen LogP contribution is 2.48. The third kappa shape index (κ3) is 4.08. The molecule has 0 bridgehead atoms. The summed E-state index contributed by atoms with van der Waals surface area (Å²) < 4.78 is 11.4. The van der Waals surface area contributed by atoms with E-state index in [0.717, 1.165) is 60.2 Å². The van der Waals surface area contributed by atoms with Crippen molar-refractivity contribution in [2.75, 3.05) is 0 Å². The van der Waals surface area contributed by atoms with Crippen LogP contribution in [0, 0.1) is 0 Å². The summed E-state index contributed by atoms with van der Waals surface area (Å²) in [6, 6.07) is 65.5. The highest BCUT2D eigenvalue weighted by Gasteiger charge is 2.27. The Morgan fingerprint density at radius 1 is 0.373 bits per heavy atom. The predicted octanol–water partition coefficient (Wildman–Crippen LogP) is 14.2. The van der Waals surface area contributed by atoms with Crippen molar-refractivity contribution in [2.45, 2.75) is 0 Å². The summed E-state index contributed by atoms with van der Waals surface area (Å²) in [5, 5.41) is 11.3. The van der Waals surface area contributed by atoms with Crippen LogP contribution in [0.25, 0.3) is 132 Å². The Kier molecular flexibility index (Phi) is 5.96. The number of fused-ring (bicyclic) bond motifs is 17. The van der Waals surface area contributed by atoms with Crippen molar-refractivity contribution in [1.82, 2.24) is 19.1 Å². The van der Waals surface area contributed by atoms with Gasteiger partial charge in [0.2, 0.25) is 11.7 Å². The maximum atomic E-state index is 6.65. The molecule has 13 aromatic rings. The minimum absolute atomic E-state index is 0.564. The van der Waals surface area contributed by atoms with Crippen LogP contribution in [0.4, 0.5) is 0 Å². The number of benzene rings is 9. The van der Waals surface area contributed by atoms with Crippen LogP contribution in [-0.2, 0) is 0 Å². The molecule has 4 aromatic heterocycles. The van der Waals surface area contributed by atoms with Gasteiger partial charge in [-0.1, -0.05) is 146 Å². The van der Waals surface area contributed by atoms with Gasteiger partial charge >= 0.3 is 0 Å². The minimum Gasteiger partial charge on any atom is -0.437 e. The third-order valence-electron chi connectivity index (χ3n) is 12.7. The lowest BCUT2D eigenvalue weighted by Gasteiger charge is -2.13. The van der Waals surface area contributed by atoms with Gasteiger partial charge in [-0.25, -0.2) is 4.98 Å². The van der Waals surface area contributed by atoms with E-state index in [9.17, 15) is 0 Å². The molecule has 14 rings (SSSR count). The van der Waals surface area contributed by atoms with Crippen molar-refractivity contribution in [3.05, 3.63) is 182 Å². The Hall–Kier alpha value is -8.02. The minimum atomic E-state index is 0.564. The molecule has 0 saturated carbocycles. The monoisotopic (exact) mass is 750 g/mol. The van der Waals surface area contributed by atoms with Crippen molar-refractivity contribution < 1.29 is 4.42 Å². The van der Waals surface area contributed by atoms with Crippen molar-refractivity contribution >= 4 is 87.2 Å². The second-order valence-electron chi connectivity index (χ2n) is 15.7. The van der Waals surface area contributed by atoms with E-state index in [1.807, 2.05) is 12.1 Å². The van der Waals surface area contributed by atoms with E-state index < -0.39 is 0 Å². The van der Waals surface area contributed by atoms with Crippen LogP contribution < -0.4 is 0 Å². The van der Waals surface area contributed by atoms with E-state index in [2.05, 4.69) is 179 Å². The van der Waals surface area contributed by atoms with E-state index in [-0.39, 0.29) is 0 Å². The molecule has 0 unspecified atom stereocenters. The summed E-state index contributed by atoms with van der Waals surface area (Å²) in [7, 11) is 0. The largest absolute Gasteiger partial charge is 0.437 e. The first-order valence-electron chi connectivity index (χ1n) is 20.1. The normalized spacial score (nSPS) is 12.4. The third-order valence-corrected chi connectivity index (χ3v) is 12.7. The van der Waals surface area contributed by atoms with Gasteiger partial charge in [0.05, 0.1) is 38.8 Å². The molecule has 5 heteroatoms. The molecule has 9 aromatic carbocycles. The molecule has 0 saturated heterocycles. The summed E-state index contributed by atoms with van der Waals surface area (Å²) in [6.45, 7) is 0. The van der Waals surface area contributed by atoms with Gasteiger partial charge in [0, 0.05) is 43.6 Å². The zero-order valence-corrected chi connectivity index (χ0v) is 31.5. The molecule has 0 fully saturated rings. The first kappa shape index (κ1) is 31.1. The van der Waals surface area contributed by atoms with Gasteiger partial charge in [-0.05, 0) is 69.1 Å². The summed E-state index contributed by atoms with van der Waals surface area (Å²) in [5.41, 5.74) is 13.8. The van der Waals surface area contributed by atoms with Crippen LogP contribution >= 0.6 is 0 Å². The Balaban J connectivity index is 1.13. The smallest absolute Gasteiger partial charge is 0.238 e. The van der Waals surface area contributed by atoms with Crippen molar-refractivity contribution in [3.63, 3.8) is 0 Å². The van der Waals surface area contributed by atoms with Crippen molar-refractivity contribution in [1.29, 1.82) is 0 Å². The molecule has 0 N–H and O–H groups in total. The number of aromatic nitrogens is 4. The van der Waals surface area contributed by atoms with E-state index in [4.69, 9.17) is 14.4 Å². The summed E-state index contributed by atoms with van der Waals surface area (Å²) >= 11 is 0. The van der Waals surface area contributed by atoms with Crippen LogP contribution in [0.15, 0.2) is 186 Å². The van der Waals surface area contributed by atoms with Crippen LogP contribution in [0.3, 0.4) is 0 Å². The van der Waals surface area contributed by atoms with E-state index in [1.165, 1.54) is 60.5 Å². The topological polar surface area (TPSA) is 48.8 Å². The molecule has 1 aliphatic heterocycles. The van der Waals surface area contributed by atoms with E-state index in [1.54, 1.807) is 0 Å². The molecular weight excluding hydrogens is 721 g/mol. The standard InChI is InChI=1S/C54H30N4O/c1-2-15-32-31(14-1)28-44(36-19-6-3-16-33(32)36)51-50-41-22-9-12-27-49(41)59-53(50)56-54(55-51)58-46-26-11-8-21-38(46)42-29-47-43(30-48(42)58)40-24-13-23-39-35-18-5-4-17-34(35)37-20-7-10-25-45(37)57(47)52(39)40/h1-30H. The summed E-state index contributed by atoms with van der Waals surface area (Å²) in [6.07, 6.45) is 0. The fourth-order valence-corrected chi connectivity index (χ4v) is 10.2. The first-order valence-corrected chi connectivity index (χ1v) is 20.1. The number of nitrogens with zero attached hydrogens (tertiary/aromatic N) is 4. The summed E-state index contributed by atoms with van der Waals surface area (Å²) in [5.74, 6) is 0.569. The quantitative estimate of drug-likeness (QED) is 0.165. The number of para-hydroxylation sites is 4. The highest BCUT2D eigenvalue weighted by atomic mass is 16.3. The lowest BCUT2D eigenvalue weighted by molar-refractivity contribution is 0.651. The molecule has 0 amide bonds. The van der Waals surface area contributed by atoms with Gasteiger partial charge in [0.1, 0.15) is 5.58 Å². The number of hydrogen-bond acceptors (Lipinski definition) is 3. The molecule has 0 radical (unpaired) electrons. The van der Waals surface area contributed by atoms with E-state index >= 15 is 0 Å². The Morgan fingerprint density at radius 3 is 1.85 bits per heavy atom. The van der Waals surface area contributed by atoms with E-state index in [0.29, 0.717) is 11.7 Å². The summed E-state index contributed by atoms with van der Waals surface area (Å²) in [4.78, 5) is 11.0. The molecule has 5 nitrogen and oxygen atoms in total. The molecule has 5 heterocycles. The molecule has 0 aliphatic carbocycles. The number of furan rings is 1. The van der Waals surface area contributed by atoms with Crippen LogP contribution in [-0.4, -0.2) is 19.1 Å². The SMILES string of the molecule is c1ccc2c(c1)-c1ccccc1-n1c3cc4c5ccccc5n(-c5nc(-c6cc7ccccc7c7ccccc67)c6c(n5)oc5ccccc56)c4cc3c3cccc-2c31. The van der Waals surface area contributed by atoms with Crippen molar-refractivity contribution in [3.8, 4) is 45.1 Å². The van der Waals surface area contributed by atoms with Gasteiger partial charge in [-0.15, -0.1) is 0 Å². The lowest BCUT2D eigenvalue weighted by atomic mass is 9.94. The average molecular weight is 751 g/mol. The average Bonchev–Trinajstić information content (AvgIpc) is 3.92. The van der Waals surface area contributed by atoms with Crippen molar-refractivity contribution in [2.24, 2.45) is 0 Å². The van der Waals surface area contributed by atoms with Gasteiger partial charge in [-0.2, -0.15) is 4.98 Å². The van der Waals surface area contributed by atoms with Crippen LogP contribution in [0.2, 0.25) is 0 Å². The molecule has 59 heavy (non-hydrogen) atoms. The second kappa shape index (κ2) is 11.3. The van der Waals surface area contributed by atoms with Crippen LogP contribution in [0.5, 0.6) is 0 Å². The molecule has 0 atom stereocenters. The molecule has 1 aliphatic rings. The fourth-order valence-electron chi connectivity index (χ4n) is 10.2. The zero-order chi connectivity index (χ0) is 38.3. The Labute approximate surface area is 336 Å². The maximum Gasteiger partial charge on any atom is 0.238 e. The van der Waals surface area contributed by atoms with Gasteiger partial charge in [0.15, 0.2) is 0 Å².